The average Bonchev–Trinajstić information content (AvgIpc) is 2.78. The molecule has 1 fully saturated rings. The summed E-state index contributed by atoms with van der Waals surface area (Å²) in [5.41, 5.74) is 1.02. The molecule has 0 saturated carbocycles. The predicted molar refractivity (Wildman–Crippen MR) is 131 cm³/mol. The van der Waals surface area contributed by atoms with Gasteiger partial charge in [0, 0.05) is 34.4 Å². The average molecular weight is 489 g/mol. The van der Waals surface area contributed by atoms with Gasteiger partial charge in [0.2, 0.25) is 15.9 Å². The zero-order chi connectivity index (χ0) is 22.7. The van der Waals surface area contributed by atoms with Crippen LogP contribution in [-0.4, -0.2) is 43.5 Å². The number of hydrogen-bond donors (Lipinski definition) is 1. The second-order valence-corrected chi connectivity index (χ2v) is 11.3. The van der Waals surface area contributed by atoms with Gasteiger partial charge in [0.25, 0.3) is 0 Å². The van der Waals surface area contributed by atoms with E-state index in [1.165, 1.54) is 16.1 Å². The van der Waals surface area contributed by atoms with E-state index in [2.05, 4.69) is 5.32 Å². The molecule has 8 heteroatoms. The summed E-state index contributed by atoms with van der Waals surface area (Å²) in [5.74, 6) is 0.227. The van der Waals surface area contributed by atoms with Gasteiger partial charge in [-0.2, -0.15) is 4.31 Å². The van der Waals surface area contributed by atoms with Gasteiger partial charge in [-0.15, -0.1) is 11.8 Å². The molecule has 168 valence electrons. The summed E-state index contributed by atoms with van der Waals surface area (Å²) in [4.78, 5) is 13.8. The van der Waals surface area contributed by atoms with Crippen LogP contribution < -0.4 is 5.32 Å². The minimum atomic E-state index is -3.50. The summed E-state index contributed by atoms with van der Waals surface area (Å²) in [5, 5.41) is 5.74. The van der Waals surface area contributed by atoms with Crippen molar-refractivity contribution in [3.05, 3.63) is 71.2 Å². The molecular formula is C24H25ClN2O3S2. The summed E-state index contributed by atoms with van der Waals surface area (Å²) in [7, 11) is -3.50. The van der Waals surface area contributed by atoms with Gasteiger partial charge >= 0.3 is 0 Å². The van der Waals surface area contributed by atoms with Crippen molar-refractivity contribution in [1.29, 1.82) is 0 Å². The van der Waals surface area contributed by atoms with E-state index in [0.29, 0.717) is 35.8 Å². The SMILES string of the molecule is Cc1ccc(S(=O)(=O)N2CCC(NC(=O)CSc3cccc4cccc(Cl)c34)CC2)cc1. The molecule has 1 heterocycles. The Morgan fingerprint density at radius 2 is 1.72 bits per heavy atom. The molecule has 0 bridgehead atoms. The number of nitrogens with zero attached hydrogens (tertiary/aromatic N) is 1. The van der Waals surface area contributed by atoms with Gasteiger partial charge in [-0.3, -0.25) is 4.79 Å². The monoisotopic (exact) mass is 488 g/mol. The van der Waals surface area contributed by atoms with Gasteiger partial charge in [0.1, 0.15) is 0 Å². The van der Waals surface area contributed by atoms with Crippen LogP contribution in [0.15, 0.2) is 70.5 Å². The Bertz CT molecular complexity index is 1220. The van der Waals surface area contributed by atoms with E-state index in [4.69, 9.17) is 11.6 Å². The number of nitrogens with one attached hydrogen (secondary N) is 1. The smallest absolute Gasteiger partial charge is 0.243 e. The second kappa shape index (κ2) is 9.83. The van der Waals surface area contributed by atoms with Crippen molar-refractivity contribution in [2.45, 2.75) is 35.6 Å². The van der Waals surface area contributed by atoms with Crippen molar-refractivity contribution in [3.8, 4) is 0 Å². The molecular weight excluding hydrogens is 464 g/mol. The number of fused-ring (bicyclic) bond motifs is 1. The highest BCUT2D eigenvalue weighted by Gasteiger charge is 2.29. The van der Waals surface area contributed by atoms with E-state index < -0.39 is 10.0 Å². The molecule has 5 nitrogen and oxygen atoms in total. The normalized spacial score (nSPS) is 15.7. The third-order valence-corrected chi connectivity index (χ3v) is 8.94. The maximum atomic E-state index is 12.8. The highest BCUT2D eigenvalue weighted by Crippen LogP contribution is 2.33. The molecule has 0 aliphatic carbocycles. The van der Waals surface area contributed by atoms with Crippen LogP contribution in [0.4, 0.5) is 0 Å². The van der Waals surface area contributed by atoms with Crippen LogP contribution in [0.25, 0.3) is 10.8 Å². The summed E-state index contributed by atoms with van der Waals surface area (Å²) in [6.07, 6.45) is 1.20. The molecule has 1 amide bonds. The van der Waals surface area contributed by atoms with Crippen LogP contribution in [0.1, 0.15) is 18.4 Å². The van der Waals surface area contributed by atoms with E-state index in [-0.39, 0.29) is 17.7 Å². The highest BCUT2D eigenvalue weighted by molar-refractivity contribution is 8.00. The van der Waals surface area contributed by atoms with Crippen LogP contribution in [0.2, 0.25) is 5.02 Å². The highest BCUT2D eigenvalue weighted by atomic mass is 35.5. The van der Waals surface area contributed by atoms with Crippen LogP contribution in [-0.2, 0) is 14.8 Å². The minimum absolute atomic E-state index is 0.0244. The number of benzene rings is 3. The zero-order valence-corrected chi connectivity index (χ0v) is 20.1. The van der Waals surface area contributed by atoms with Gasteiger partial charge < -0.3 is 5.32 Å². The van der Waals surface area contributed by atoms with Gasteiger partial charge in [-0.25, -0.2) is 8.42 Å². The lowest BCUT2D eigenvalue weighted by Gasteiger charge is -2.31. The largest absolute Gasteiger partial charge is 0.353 e. The van der Waals surface area contributed by atoms with Crippen LogP contribution in [0, 0.1) is 6.92 Å². The minimum Gasteiger partial charge on any atom is -0.353 e. The number of amides is 1. The number of aryl methyl sites for hydroxylation is 1. The number of rotatable bonds is 6. The van der Waals surface area contributed by atoms with Crippen molar-refractivity contribution in [3.63, 3.8) is 0 Å². The molecule has 0 aromatic heterocycles. The fraction of sp³-hybridized carbons (Fsp3) is 0.292. The summed E-state index contributed by atoms with van der Waals surface area (Å²) in [6, 6.07) is 18.6. The number of piperidine rings is 1. The van der Waals surface area contributed by atoms with Crippen molar-refractivity contribution in [2.75, 3.05) is 18.8 Å². The first-order chi connectivity index (χ1) is 15.3. The predicted octanol–water partition coefficient (Wildman–Crippen LogP) is 4.86. The molecule has 1 N–H and O–H groups in total. The third-order valence-electron chi connectivity index (χ3n) is 5.65. The van der Waals surface area contributed by atoms with Crippen LogP contribution in [0.5, 0.6) is 0 Å². The molecule has 0 spiro atoms. The molecule has 1 aliphatic heterocycles. The number of sulfonamides is 1. The molecule has 4 rings (SSSR count). The van der Waals surface area contributed by atoms with E-state index in [9.17, 15) is 13.2 Å². The fourth-order valence-electron chi connectivity index (χ4n) is 3.89. The van der Waals surface area contributed by atoms with Crippen molar-refractivity contribution in [1.82, 2.24) is 9.62 Å². The van der Waals surface area contributed by atoms with Crippen molar-refractivity contribution >= 4 is 50.1 Å². The van der Waals surface area contributed by atoms with Crippen LogP contribution >= 0.6 is 23.4 Å². The molecule has 0 unspecified atom stereocenters. The Kier molecular flexibility index (Phi) is 7.10. The lowest BCUT2D eigenvalue weighted by atomic mass is 10.1. The fourth-order valence-corrected chi connectivity index (χ4v) is 6.62. The quantitative estimate of drug-likeness (QED) is 0.503. The standard InChI is InChI=1S/C24H25ClN2O3S2/c1-17-8-10-20(11-9-17)32(29,30)27-14-12-19(13-15-27)26-23(28)16-31-22-7-3-5-18-4-2-6-21(25)24(18)22/h2-11,19H,12-16H2,1H3,(H,26,28). The van der Waals surface area contributed by atoms with E-state index in [1.54, 1.807) is 24.3 Å². The Morgan fingerprint density at radius 3 is 2.41 bits per heavy atom. The number of hydrogen-bond acceptors (Lipinski definition) is 4. The molecule has 1 aliphatic rings. The Labute approximate surface area is 198 Å². The first-order valence-corrected chi connectivity index (χ1v) is 13.3. The van der Waals surface area contributed by atoms with Gasteiger partial charge in [-0.05, 0) is 49.4 Å². The number of carbonyl (C=O) groups excluding carboxylic acids is 1. The van der Waals surface area contributed by atoms with Crippen molar-refractivity contribution in [2.24, 2.45) is 0 Å². The van der Waals surface area contributed by atoms with Crippen molar-refractivity contribution < 1.29 is 13.2 Å². The zero-order valence-electron chi connectivity index (χ0n) is 17.8. The van der Waals surface area contributed by atoms with E-state index in [1.807, 2.05) is 43.3 Å². The molecule has 32 heavy (non-hydrogen) atoms. The molecule has 0 atom stereocenters. The van der Waals surface area contributed by atoms with Gasteiger partial charge in [0.05, 0.1) is 10.6 Å². The second-order valence-electron chi connectivity index (χ2n) is 7.94. The number of carbonyl (C=O) groups is 1. The molecule has 3 aromatic carbocycles. The lowest BCUT2D eigenvalue weighted by molar-refractivity contribution is -0.119. The number of halogens is 1. The topological polar surface area (TPSA) is 66.5 Å². The molecule has 1 saturated heterocycles. The summed E-state index contributed by atoms with van der Waals surface area (Å²) in [6.45, 7) is 2.72. The van der Waals surface area contributed by atoms with Crippen LogP contribution in [0.3, 0.4) is 0 Å². The Balaban J connectivity index is 1.31. The maximum Gasteiger partial charge on any atom is 0.243 e. The summed E-state index contributed by atoms with van der Waals surface area (Å²) >= 11 is 7.83. The van der Waals surface area contributed by atoms with E-state index in [0.717, 1.165) is 21.2 Å². The van der Waals surface area contributed by atoms with E-state index >= 15 is 0 Å². The first-order valence-electron chi connectivity index (χ1n) is 10.5. The van der Waals surface area contributed by atoms with Gasteiger partial charge in [0.15, 0.2) is 0 Å². The Hall–Kier alpha value is -2.06. The lowest BCUT2D eigenvalue weighted by Crippen LogP contribution is -2.46. The Morgan fingerprint density at radius 1 is 1.06 bits per heavy atom. The third kappa shape index (κ3) is 5.12. The number of thioether (sulfide) groups is 1. The summed E-state index contributed by atoms with van der Waals surface area (Å²) < 4.78 is 27.2. The maximum absolute atomic E-state index is 12.8. The van der Waals surface area contributed by atoms with Gasteiger partial charge in [-0.1, -0.05) is 53.6 Å². The molecule has 0 radical (unpaired) electrons. The first kappa shape index (κ1) is 23.1. The molecule has 3 aromatic rings.